The molecule has 7 heteroatoms. The van der Waals surface area contributed by atoms with Crippen molar-refractivity contribution in [3.63, 3.8) is 0 Å². The van der Waals surface area contributed by atoms with Gasteiger partial charge in [0.1, 0.15) is 5.41 Å². The second-order valence-corrected chi connectivity index (χ2v) is 5.08. The predicted molar refractivity (Wildman–Crippen MR) is 76.1 cm³/mol. The second kappa shape index (κ2) is 6.51. The molecule has 1 rings (SSSR count). The largest absolute Gasteiger partial charge is 0.465 e. The zero-order valence-electron chi connectivity index (χ0n) is 12.7. The second-order valence-electron chi connectivity index (χ2n) is 5.08. The Hall–Kier alpha value is -2.18. The Morgan fingerprint density at radius 2 is 1.86 bits per heavy atom. The molecule has 1 aromatic rings. The number of ketones is 1. The fourth-order valence-corrected chi connectivity index (χ4v) is 1.71. The molecule has 0 radical (unpaired) electrons. The van der Waals surface area contributed by atoms with Gasteiger partial charge in [0.05, 0.1) is 13.2 Å². The molecule has 116 valence electrons. The number of hydrogen-bond acceptors (Lipinski definition) is 5. The Kier molecular flexibility index (Phi) is 5.23. The van der Waals surface area contributed by atoms with Crippen LogP contribution in [0.25, 0.3) is 0 Å². The van der Waals surface area contributed by atoms with E-state index in [2.05, 4.69) is 0 Å². The molecule has 0 bridgehead atoms. The lowest BCUT2D eigenvalue weighted by atomic mass is 9.88. The van der Waals surface area contributed by atoms with Gasteiger partial charge in [-0.1, -0.05) is 0 Å². The summed E-state index contributed by atoms with van der Waals surface area (Å²) in [5.74, 6) is -1.22. The Morgan fingerprint density at radius 1 is 1.24 bits per heavy atom. The number of rotatable bonds is 6. The summed E-state index contributed by atoms with van der Waals surface area (Å²) in [6.07, 6.45) is 1.38. The third-order valence-electron chi connectivity index (χ3n) is 3.26. The smallest absolute Gasteiger partial charge is 0.331 e. The Balaban J connectivity index is 3.12. The van der Waals surface area contributed by atoms with Crippen LogP contribution in [0, 0.1) is 5.41 Å². The van der Waals surface area contributed by atoms with Crippen LogP contribution < -0.4 is 11.2 Å². The fourth-order valence-electron chi connectivity index (χ4n) is 1.71. The fraction of sp³-hybridized carbons (Fsp3) is 0.571. The summed E-state index contributed by atoms with van der Waals surface area (Å²) >= 11 is 0. The van der Waals surface area contributed by atoms with Gasteiger partial charge in [0, 0.05) is 18.8 Å². The number of Topliss-reactive ketones (excluding diaryl/α,β-unsaturated/α-hetero) is 1. The molecule has 0 saturated carbocycles. The van der Waals surface area contributed by atoms with E-state index >= 15 is 0 Å². The number of carbonyl (C=O) groups excluding carboxylic acids is 2. The number of carbonyl (C=O) groups is 2. The third-order valence-corrected chi connectivity index (χ3v) is 3.26. The van der Waals surface area contributed by atoms with Crippen molar-refractivity contribution in [1.82, 2.24) is 9.13 Å². The molecule has 0 fully saturated rings. The normalized spacial score (nSPS) is 11.2. The van der Waals surface area contributed by atoms with E-state index in [1.54, 1.807) is 13.8 Å². The molecule has 0 spiro atoms. The summed E-state index contributed by atoms with van der Waals surface area (Å²) in [4.78, 5) is 47.8. The van der Waals surface area contributed by atoms with Gasteiger partial charge in [-0.05, 0) is 27.7 Å². The van der Waals surface area contributed by atoms with Crippen molar-refractivity contribution in [1.29, 1.82) is 0 Å². The van der Waals surface area contributed by atoms with Crippen molar-refractivity contribution >= 4 is 11.8 Å². The number of ether oxygens (including phenoxy) is 1. The molecule has 0 aliphatic rings. The topological polar surface area (TPSA) is 87.4 Å². The van der Waals surface area contributed by atoms with Crippen LogP contribution in [-0.4, -0.2) is 27.5 Å². The first-order chi connectivity index (χ1) is 9.75. The van der Waals surface area contributed by atoms with Gasteiger partial charge in [0.2, 0.25) is 0 Å². The standard InChI is InChI=1S/C14H20N2O5/c1-5-15-8-7-11(18)16(13(15)20)9-10(17)14(3,4)12(19)21-6-2/h7-8H,5-6,9H2,1-4H3. The highest BCUT2D eigenvalue weighted by atomic mass is 16.5. The number of hydrogen-bond donors (Lipinski definition) is 0. The van der Waals surface area contributed by atoms with Crippen LogP contribution >= 0.6 is 0 Å². The monoisotopic (exact) mass is 296 g/mol. The highest BCUT2D eigenvalue weighted by molar-refractivity contribution is 6.02. The van der Waals surface area contributed by atoms with Gasteiger partial charge in [0.15, 0.2) is 5.78 Å². The lowest BCUT2D eigenvalue weighted by Crippen LogP contribution is -2.45. The van der Waals surface area contributed by atoms with E-state index in [1.165, 1.54) is 30.7 Å². The van der Waals surface area contributed by atoms with Crippen LogP contribution in [0.5, 0.6) is 0 Å². The van der Waals surface area contributed by atoms with Gasteiger partial charge >= 0.3 is 11.7 Å². The van der Waals surface area contributed by atoms with Crippen LogP contribution in [0.2, 0.25) is 0 Å². The quantitative estimate of drug-likeness (QED) is 0.552. The van der Waals surface area contributed by atoms with Gasteiger partial charge in [-0.2, -0.15) is 0 Å². The van der Waals surface area contributed by atoms with Crippen LogP contribution in [0.15, 0.2) is 21.9 Å². The maximum absolute atomic E-state index is 12.2. The molecule has 0 saturated heterocycles. The maximum atomic E-state index is 12.2. The number of aromatic nitrogens is 2. The number of aryl methyl sites for hydroxylation is 1. The minimum absolute atomic E-state index is 0.156. The highest BCUT2D eigenvalue weighted by Crippen LogP contribution is 2.19. The van der Waals surface area contributed by atoms with Crippen molar-refractivity contribution < 1.29 is 14.3 Å². The molecule has 0 aromatic carbocycles. The van der Waals surface area contributed by atoms with E-state index in [4.69, 9.17) is 4.74 Å². The van der Waals surface area contributed by atoms with E-state index in [-0.39, 0.29) is 6.61 Å². The average molecular weight is 296 g/mol. The molecule has 1 heterocycles. The highest BCUT2D eigenvalue weighted by Gasteiger charge is 2.37. The Labute approximate surface area is 122 Å². The molecule has 0 unspecified atom stereocenters. The van der Waals surface area contributed by atoms with Crippen molar-refractivity contribution in [3.05, 3.63) is 33.1 Å². The minimum Gasteiger partial charge on any atom is -0.465 e. The summed E-state index contributed by atoms with van der Waals surface area (Å²) < 4.78 is 6.98. The first-order valence-corrected chi connectivity index (χ1v) is 6.76. The summed E-state index contributed by atoms with van der Waals surface area (Å²) in [6.45, 7) is 6.31. The molecular formula is C14H20N2O5. The van der Waals surface area contributed by atoms with Crippen LogP contribution in [-0.2, 0) is 27.4 Å². The number of esters is 1. The first-order valence-electron chi connectivity index (χ1n) is 6.76. The van der Waals surface area contributed by atoms with Crippen molar-refractivity contribution in [2.45, 2.75) is 40.8 Å². The SMILES string of the molecule is CCOC(=O)C(C)(C)C(=O)Cn1c(=O)ccn(CC)c1=O. The zero-order chi connectivity index (χ0) is 16.2. The maximum Gasteiger partial charge on any atom is 0.331 e. The number of nitrogens with zero attached hydrogens (tertiary/aromatic N) is 2. The molecule has 0 N–H and O–H groups in total. The summed E-state index contributed by atoms with van der Waals surface area (Å²) in [7, 11) is 0. The van der Waals surface area contributed by atoms with Crippen LogP contribution in [0.4, 0.5) is 0 Å². The van der Waals surface area contributed by atoms with E-state index < -0.39 is 35.0 Å². The van der Waals surface area contributed by atoms with E-state index in [9.17, 15) is 19.2 Å². The summed E-state index contributed by atoms with van der Waals surface area (Å²) in [6, 6.07) is 1.22. The van der Waals surface area contributed by atoms with Crippen molar-refractivity contribution in [3.8, 4) is 0 Å². The average Bonchev–Trinajstić information content (AvgIpc) is 2.43. The lowest BCUT2D eigenvalue weighted by Gasteiger charge is -2.21. The van der Waals surface area contributed by atoms with E-state index in [0.717, 1.165) is 4.57 Å². The Morgan fingerprint density at radius 3 is 2.38 bits per heavy atom. The molecule has 0 atom stereocenters. The third kappa shape index (κ3) is 3.48. The van der Waals surface area contributed by atoms with E-state index in [0.29, 0.717) is 6.54 Å². The Bertz CT molecular complexity index is 654. The summed E-state index contributed by atoms with van der Waals surface area (Å²) in [5.41, 5.74) is -2.55. The molecule has 7 nitrogen and oxygen atoms in total. The van der Waals surface area contributed by atoms with Gasteiger partial charge < -0.3 is 9.30 Å². The predicted octanol–water partition coefficient (Wildman–Crippen LogP) is 0.188. The van der Waals surface area contributed by atoms with Crippen molar-refractivity contribution in [2.24, 2.45) is 5.41 Å². The summed E-state index contributed by atoms with van der Waals surface area (Å²) in [5, 5.41) is 0. The van der Waals surface area contributed by atoms with Gasteiger partial charge in [-0.3, -0.25) is 19.0 Å². The molecule has 0 amide bonds. The molecule has 1 aromatic heterocycles. The van der Waals surface area contributed by atoms with Gasteiger partial charge in [-0.15, -0.1) is 0 Å². The van der Waals surface area contributed by atoms with Crippen LogP contribution in [0.1, 0.15) is 27.7 Å². The molecular weight excluding hydrogens is 276 g/mol. The lowest BCUT2D eigenvalue weighted by molar-refractivity contribution is -0.158. The van der Waals surface area contributed by atoms with E-state index in [1.807, 2.05) is 0 Å². The zero-order valence-corrected chi connectivity index (χ0v) is 12.7. The molecule has 0 aliphatic carbocycles. The molecule has 21 heavy (non-hydrogen) atoms. The van der Waals surface area contributed by atoms with Crippen LogP contribution in [0.3, 0.4) is 0 Å². The first kappa shape index (κ1) is 16.9. The molecule has 0 aliphatic heterocycles. The van der Waals surface area contributed by atoms with Crippen molar-refractivity contribution in [2.75, 3.05) is 6.61 Å². The van der Waals surface area contributed by atoms with Gasteiger partial charge in [-0.25, -0.2) is 4.79 Å². The minimum atomic E-state index is -1.41. The van der Waals surface area contributed by atoms with Gasteiger partial charge in [0.25, 0.3) is 5.56 Å².